The summed E-state index contributed by atoms with van der Waals surface area (Å²) in [6.45, 7) is 6.52. The molecule has 61 heavy (non-hydrogen) atoms. The van der Waals surface area contributed by atoms with Gasteiger partial charge < -0.3 is 14.2 Å². The summed E-state index contributed by atoms with van der Waals surface area (Å²) in [6, 6.07) is 0. The first-order valence-corrected chi connectivity index (χ1v) is 26.1. The summed E-state index contributed by atoms with van der Waals surface area (Å²) >= 11 is 0. The number of ether oxygens (including phenoxy) is 3. The van der Waals surface area contributed by atoms with Crippen LogP contribution in [-0.2, 0) is 28.6 Å². The molecule has 0 aromatic heterocycles. The molecule has 6 heteroatoms. The Bertz CT molecular complexity index is 1070. The molecule has 0 saturated heterocycles. The van der Waals surface area contributed by atoms with Gasteiger partial charge in [0.05, 0.1) is 0 Å². The van der Waals surface area contributed by atoms with Crippen molar-refractivity contribution in [2.24, 2.45) is 0 Å². The molecule has 354 valence electrons. The highest BCUT2D eigenvalue weighted by atomic mass is 16.6. The van der Waals surface area contributed by atoms with Crippen LogP contribution in [0.25, 0.3) is 0 Å². The minimum atomic E-state index is -0.781. The zero-order chi connectivity index (χ0) is 44.4. The van der Waals surface area contributed by atoms with E-state index in [4.69, 9.17) is 14.2 Å². The second kappa shape index (κ2) is 50.0. The Hall–Kier alpha value is -2.63. The van der Waals surface area contributed by atoms with E-state index in [2.05, 4.69) is 69.4 Å². The molecule has 6 nitrogen and oxygen atoms in total. The highest BCUT2D eigenvalue weighted by Gasteiger charge is 2.19. The Labute approximate surface area is 378 Å². The van der Waals surface area contributed by atoms with Gasteiger partial charge in [-0.15, -0.1) is 0 Å². The summed E-state index contributed by atoms with van der Waals surface area (Å²) in [4.78, 5) is 37.9. The Morgan fingerprint density at radius 2 is 0.639 bits per heavy atom. The number of carbonyl (C=O) groups excluding carboxylic acids is 3. The van der Waals surface area contributed by atoms with Crippen molar-refractivity contribution in [3.05, 3.63) is 48.6 Å². The Morgan fingerprint density at radius 3 is 1.00 bits per heavy atom. The van der Waals surface area contributed by atoms with E-state index in [0.717, 1.165) is 96.3 Å². The van der Waals surface area contributed by atoms with E-state index in [1.54, 1.807) is 0 Å². The standard InChI is InChI=1S/C55H98O6/c1-4-7-10-13-16-19-22-24-26-27-29-31-34-37-40-43-46-49-55(58)61-52(50-59-53(56)47-44-41-38-35-32-21-18-15-12-9-6-3)51-60-54(57)48-45-42-39-36-33-30-28-25-23-20-17-14-11-8-5-2/h7,10,16,19,24,26,29,31,52H,4-6,8-9,11-15,17-18,20-23,25,27-28,30,32-51H2,1-3H3/b10-7-,19-16-,26-24-,31-29-/t52-/m0/s1. The second-order valence-corrected chi connectivity index (χ2v) is 17.4. The molecule has 0 fully saturated rings. The number of allylic oxidation sites excluding steroid dienone is 8. The quantitative estimate of drug-likeness (QED) is 0.0263. The summed E-state index contributed by atoms with van der Waals surface area (Å²) in [5.74, 6) is -0.894. The SMILES string of the molecule is CC/C=C\C/C=C\C/C=C\C/C=C\CCCCCCC(=O)O[C@@H](COC(=O)CCCCCCCCCCCCC)COC(=O)CCCCCCCCCCCCCCCCC. The lowest BCUT2D eigenvalue weighted by atomic mass is 10.0. The van der Waals surface area contributed by atoms with Gasteiger partial charge in [0.15, 0.2) is 6.10 Å². The molecule has 0 aliphatic rings. The van der Waals surface area contributed by atoms with E-state index in [0.29, 0.717) is 19.3 Å². The molecule has 0 aromatic carbocycles. The summed E-state index contributed by atoms with van der Waals surface area (Å²) in [5, 5.41) is 0. The van der Waals surface area contributed by atoms with Crippen molar-refractivity contribution >= 4 is 17.9 Å². The van der Waals surface area contributed by atoms with Gasteiger partial charge in [-0.2, -0.15) is 0 Å². The molecule has 0 aliphatic carbocycles. The number of rotatable bonds is 47. The molecular formula is C55H98O6. The molecule has 0 rings (SSSR count). The largest absolute Gasteiger partial charge is 0.462 e. The highest BCUT2D eigenvalue weighted by Crippen LogP contribution is 2.16. The lowest BCUT2D eigenvalue weighted by Gasteiger charge is -2.18. The van der Waals surface area contributed by atoms with E-state index < -0.39 is 6.10 Å². The maximum atomic E-state index is 12.8. The van der Waals surface area contributed by atoms with Crippen LogP contribution in [0.3, 0.4) is 0 Å². The molecule has 0 unspecified atom stereocenters. The number of hydrogen-bond acceptors (Lipinski definition) is 6. The van der Waals surface area contributed by atoms with Crippen LogP contribution < -0.4 is 0 Å². The third-order valence-electron chi connectivity index (χ3n) is 11.3. The first kappa shape index (κ1) is 58.4. The predicted octanol–water partition coefficient (Wildman–Crippen LogP) is 17.1. The van der Waals surface area contributed by atoms with Crippen molar-refractivity contribution < 1.29 is 28.6 Å². The van der Waals surface area contributed by atoms with E-state index in [-0.39, 0.29) is 31.1 Å². The predicted molar refractivity (Wildman–Crippen MR) is 261 cm³/mol. The molecular weight excluding hydrogens is 757 g/mol. The van der Waals surface area contributed by atoms with Gasteiger partial charge in [-0.3, -0.25) is 14.4 Å². The zero-order valence-electron chi connectivity index (χ0n) is 40.4. The molecule has 0 N–H and O–H groups in total. The van der Waals surface area contributed by atoms with Crippen molar-refractivity contribution in [3.63, 3.8) is 0 Å². The molecule has 0 radical (unpaired) electrons. The first-order valence-electron chi connectivity index (χ1n) is 26.1. The van der Waals surface area contributed by atoms with Gasteiger partial charge in [0, 0.05) is 19.3 Å². The van der Waals surface area contributed by atoms with Gasteiger partial charge in [0.25, 0.3) is 0 Å². The molecule has 0 aliphatic heterocycles. The van der Waals surface area contributed by atoms with Crippen LogP contribution in [0.1, 0.15) is 265 Å². The third kappa shape index (κ3) is 48.3. The Kier molecular flexibility index (Phi) is 47.9. The average Bonchev–Trinajstić information content (AvgIpc) is 3.26. The summed E-state index contributed by atoms with van der Waals surface area (Å²) < 4.78 is 16.8. The summed E-state index contributed by atoms with van der Waals surface area (Å²) in [7, 11) is 0. The minimum absolute atomic E-state index is 0.0795. The summed E-state index contributed by atoms with van der Waals surface area (Å²) in [5.41, 5.74) is 0. The average molecular weight is 855 g/mol. The normalized spacial score (nSPS) is 12.4. The van der Waals surface area contributed by atoms with Gasteiger partial charge in [0.1, 0.15) is 13.2 Å². The summed E-state index contributed by atoms with van der Waals surface area (Å²) in [6.07, 6.45) is 59.5. The number of esters is 3. The van der Waals surface area contributed by atoms with Crippen LogP contribution in [-0.4, -0.2) is 37.2 Å². The number of unbranched alkanes of at least 4 members (excludes halogenated alkanes) is 28. The van der Waals surface area contributed by atoms with E-state index in [1.165, 1.54) is 128 Å². The van der Waals surface area contributed by atoms with Gasteiger partial charge in [-0.05, 0) is 57.8 Å². The van der Waals surface area contributed by atoms with Crippen LogP contribution in [0, 0.1) is 0 Å². The highest BCUT2D eigenvalue weighted by molar-refractivity contribution is 5.71. The Balaban J connectivity index is 4.38. The third-order valence-corrected chi connectivity index (χ3v) is 11.3. The minimum Gasteiger partial charge on any atom is -0.462 e. The Morgan fingerprint density at radius 1 is 0.344 bits per heavy atom. The van der Waals surface area contributed by atoms with Crippen LogP contribution in [0.15, 0.2) is 48.6 Å². The molecule has 0 heterocycles. The van der Waals surface area contributed by atoms with E-state index >= 15 is 0 Å². The van der Waals surface area contributed by atoms with Crippen LogP contribution in [0.2, 0.25) is 0 Å². The first-order chi connectivity index (χ1) is 30.0. The van der Waals surface area contributed by atoms with E-state index in [9.17, 15) is 14.4 Å². The van der Waals surface area contributed by atoms with Crippen molar-refractivity contribution in [2.45, 2.75) is 271 Å². The lowest BCUT2D eigenvalue weighted by molar-refractivity contribution is -0.167. The maximum absolute atomic E-state index is 12.8. The van der Waals surface area contributed by atoms with Crippen molar-refractivity contribution in [1.82, 2.24) is 0 Å². The number of hydrogen-bond donors (Lipinski definition) is 0. The molecule has 1 atom stereocenters. The van der Waals surface area contributed by atoms with Crippen molar-refractivity contribution in [2.75, 3.05) is 13.2 Å². The fourth-order valence-corrected chi connectivity index (χ4v) is 7.43. The second-order valence-electron chi connectivity index (χ2n) is 17.4. The maximum Gasteiger partial charge on any atom is 0.306 e. The van der Waals surface area contributed by atoms with Crippen LogP contribution in [0.4, 0.5) is 0 Å². The zero-order valence-corrected chi connectivity index (χ0v) is 40.4. The molecule has 0 amide bonds. The van der Waals surface area contributed by atoms with Gasteiger partial charge in [0.2, 0.25) is 0 Å². The molecule has 0 saturated carbocycles. The van der Waals surface area contributed by atoms with Crippen LogP contribution >= 0.6 is 0 Å². The molecule has 0 spiro atoms. The van der Waals surface area contributed by atoms with Gasteiger partial charge in [-0.25, -0.2) is 0 Å². The lowest BCUT2D eigenvalue weighted by Crippen LogP contribution is -2.30. The fourth-order valence-electron chi connectivity index (χ4n) is 7.43. The number of carbonyl (C=O) groups is 3. The molecule has 0 aromatic rings. The smallest absolute Gasteiger partial charge is 0.306 e. The van der Waals surface area contributed by atoms with Gasteiger partial charge in [-0.1, -0.05) is 236 Å². The van der Waals surface area contributed by atoms with Crippen molar-refractivity contribution in [3.8, 4) is 0 Å². The monoisotopic (exact) mass is 855 g/mol. The van der Waals surface area contributed by atoms with Gasteiger partial charge >= 0.3 is 17.9 Å². The fraction of sp³-hybridized carbons (Fsp3) is 0.800. The molecule has 0 bridgehead atoms. The van der Waals surface area contributed by atoms with Crippen LogP contribution in [0.5, 0.6) is 0 Å². The van der Waals surface area contributed by atoms with Crippen molar-refractivity contribution in [1.29, 1.82) is 0 Å². The van der Waals surface area contributed by atoms with E-state index in [1.807, 2.05) is 0 Å². The topological polar surface area (TPSA) is 78.9 Å².